The van der Waals surface area contributed by atoms with Crippen LogP contribution in [-0.2, 0) is 4.74 Å². The van der Waals surface area contributed by atoms with Gasteiger partial charge in [-0.05, 0) is 29.8 Å². The molecule has 1 amide bonds. The molecule has 0 radical (unpaired) electrons. The van der Waals surface area contributed by atoms with E-state index in [9.17, 15) is 14.4 Å². The molecule has 0 saturated carbocycles. The summed E-state index contributed by atoms with van der Waals surface area (Å²) < 4.78 is 5.81. The number of hydrogen-bond acceptors (Lipinski definition) is 4. The van der Waals surface area contributed by atoms with Crippen LogP contribution >= 0.6 is 15.9 Å². The van der Waals surface area contributed by atoms with Crippen LogP contribution in [0.3, 0.4) is 0 Å². The molecule has 5 nitrogen and oxygen atoms in total. The van der Waals surface area contributed by atoms with Gasteiger partial charge < -0.3 is 10.1 Å². The smallest absolute Gasteiger partial charge is 0.341 e. The van der Waals surface area contributed by atoms with Crippen molar-refractivity contribution in [3.63, 3.8) is 0 Å². The van der Waals surface area contributed by atoms with Gasteiger partial charge in [0.25, 0.3) is 5.91 Å². The molecule has 0 saturated heterocycles. The number of amides is 1. The van der Waals surface area contributed by atoms with Crippen LogP contribution in [0.2, 0.25) is 0 Å². The first-order chi connectivity index (χ1) is 17.0. The van der Waals surface area contributed by atoms with E-state index in [4.69, 9.17) is 4.74 Å². The van der Waals surface area contributed by atoms with E-state index in [1.165, 1.54) is 0 Å². The van der Waals surface area contributed by atoms with Gasteiger partial charge in [-0.1, -0.05) is 107 Å². The summed E-state index contributed by atoms with van der Waals surface area (Å²) in [7, 11) is 0. The van der Waals surface area contributed by atoms with Crippen molar-refractivity contribution in [1.82, 2.24) is 0 Å². The lowest BCUT2D eigenvalue weighted by molar-refractivity contribution is 0.0283. The zero-order chi connectivity index (χ0) is 24.6. The lowest BCUT2D eigenvalue weighted by atomic mass is 9.99. The Kier molecular flexibility index (Phi) is 7.85. The van der Waals surface area contributed by atoms with E-state index in [1.807, 2.05) is 42.5 Å². The zero-order valence-corrected chi connectivity index (χ0v) is 20.2. The number of rotatable bonds is 8. The molecule has 0 fully saturated rings. The normalized spacial score (nSPS) is 12.3. The van der Waals surface area contributed by atoms with Gasteiger partial charge in [-0.15, -0.1) is 0 Å². The van der Waals surface area contributed by atoms with Gasteiger partial charge in [-0.2, -0.15) is 0 Å². The molecule has 6 heteroatoms. The summed E-state index contributed by atoms with van der Waals surface area (Å²) in [6.45, 7) is 0. The molecule has 2 atom stereocenters. The van der Waals surface area contributed by atoms with Crippen LogP contribution in [0.5, 0.6) is 0 Å². The first kappa shape index (κ1) is 24.1. The minimum absolute atomic E-state index is 0.149. The Balaban J connectivity index is 1.62. The molecule has 0 unspecified atom stereocenters. The van der Waals surface area contributed by atoms with Crippen LogP contribution < -0.4 is 5.32 Å². The fraction of sp³-hybridized carbons (Fsp3) is 0.0690. The number of esters is 1. The molecule has 0 aromatic heterocycles. The van der Waals surface area contributed by atoms with Gasteiger partial charge in [0, 0.05) is 11.1 Å². The molecular formula is C29H22BrNO4. The summed E-state index contributed by atoms with van der Waals surface area (Å²) in [6, 6.07) is 33.2. The molecule has 4 rings (SSSR count). The van der Waals surface area contributed by atoms with E-state index >= 15 is 0 Å². The predicted molar refractivity (Wildman–Crippen MR) is 139 cm³/mol. The van der Waals surface area contributed by atoms with Gasteiger partial charge in [-0.25, -0.2) is 4.79 Å². The first-order valence-electron chi connectivity index (χ1n) is 11.0. The molecule has 0 heterocycles. The number of hydrogen-bond donors (Lipinski definition) is 1. The second-order valence-electron chi connectivity index (χ2n) is 7.73. The second-order valence-corrected chi connectivity index (χ2v) is 8.72. The summed E-state index contributed by atoms with van der Waals surface area (Å²) in [6.07, 6.45) is -1.13. The lowest BCUT2D eigenvalue weighted by Gasteiger charge is -2.23. The van der Waals surface area contributed by atoms with Crippen molar-refractivity contribution in [1.29, 1.82) is 0 Å². The minimum atomic E-state index is -1.13. The Morgan fingerprint density at radius 2 is 1.17 bits per heavy atom. The number of carbonyl (C=O) groups excluding carboxylic acids is 3. The fourth-order valence-electron chi connectivity index (χ4n) is 3.56. The summed E-state index contributed by atoms with van der Waals surface area (Å²) in [5.41, 5.74) is 2.12. The summed E-state index contributed by atoms with van der Waals surface area (Å²) >= 11 is 3.57. The molecule has 0 aliphatic carbocycles. The maximum atomic E-state index is 13.4. The lowest BCUT2D eigenvalue weighted by Crippen LogP contribution is -2.31. The molecule has 35 heavy (non-hydrogen) atoms. The van der Waals surface area contributed by atoms with Crippen LogP contribution in [0, 0.1) is 0 Å². The van der Waals surface area contributed by atoms with Crippen LogP contribution in [0.15, 0.2) is 115 Å². The third-order valence-corrected chi connectivity index (χ3v) is 6.37. The largest absolute Gasteiger partial charge is 0.449 e. The van der Waals surface area contributed by atoms with E-state index in [-0.39, 0.29) is 17.3 Å². The van der Waals surface area contributed by atoms with E-state index in [0.29, 0.717) is 16.8 Å². The molecule has 1 N–H and O–H groups in total. The number of ketones is 1. The number of Topliss-reactive ketones (excluding diaryl/α,β-unsaturated/α-hetero) is 1. The third-order valence-electron chi connectivity index (χ3n) is 5.37. The number of alkyl halides is 1. The number of para-hydroxylation sites is 1. The molecule has 0 spiro atoms. The maximum absolute atomic E-state index is 13.4. The number of ether oxygens (including phenoxy) is 1. The average Bonchev–Trinajstić information content (AvgIpc) is 2.92. The van der Waals surface area contributed by atoms with E-state index in [2.05, 4.69) is 21.2 Å². The van der Waals surface area contributed by atoms with Crippen molar-refractivity contribution in [3.8, 4) is 0 Å². The van der Waals surface area contributed by atoms with Crippen LogP contribution in [-0.4, -0.2) is 23.8 Å². The van der Waals surface area contributed by atoms with Crippen molar-refractivity contribution in [2.75, 3.05) is 5.32 Å². The van der Waals surface area contributed by atoms with E-state index in [0.717, 1.165) is 5.56 Å². The van der Waals surface area contributed by atoms with Crippen LogP contribution in [0.1, 0.15) is 41.5 Å². The number of benzene rings is 4. The van der Waals surface area contributed by atoms with Crippen LogP contribution in [0.25, 0.3) is 0 Å². The van der Waals surface area contributed by atoms with Gasteiger partial charge in [0.05, 0.1) is 16.1 Å². The van der Waals surface area contributed by atoms with Gasteiger partial charge in [0.15, 0.2) is 6.10 Å². The highest BCUT2D eigenvalue weighted by Gasteiger charge is 2.33. The van der Waals surface area contributed by atoms with Gasteiger partial charge in [0.2, 0.25) is 5.78 Å². The van der Waals surface area contributed by atoms with Crippen molar-refractivity contribution in [2.45, 2.75) is 10.9 Å². The quantitative estimate of drug-likeness (QED) is 0.161. The average molecular weight is 528 g/mol. The third kappa shape index (κ3) is 5.91. The highest BCUT2D eigenvalue weighted by molar-refractivity contribution is 9.09. The first-order valence-corrected chi connectivity index (χ1v) is 11.9. The molecule has 0 aliphatic rings. The monoisotopic (exact) mass is 527 g/mol. The Morgan fingerprint density at radius 3 is 1.80 bits per heavy atom. The molecule has 4 aromatic carbocycles. The molecule has 174 valence electrons. The Bertz CT molecular complexity index is 1310. The number of anilines is 1. The Morgan fingerprint density at radius 1 is 0.657 bits per heavy atom. The molecule has 4 aromatic rings. The van der Waals surface area contributed by atoms with Crippen molar-refractivity contribution in [2.24, 2.45) is 0 Å². The highest BCUT2D eigenvalue weighted by Crippen LogP contribution is 2.32. The second kappa shape index (κ2) is 11.4. The van der Waals surface area contributed by atoms with Crippen molar-refractivity contribution < 1.29 is 19.1 Å². The van der Waals surface area contributed by atoms with E-state index < -0.39 is 16.9 Å². The summed E-state index contributed by atoms with van der Waals surface area (Å²) in [4.78, 5) is 38.8. The molecular weight excluding hydrogens is 506 g/mol. The van der Waals surface area contributed by atoms with Gasteiger partial charge >= 0.3 is 5.97 Å². The van der Waals surface area contributed by atoms with Gasteiger partial charge in [-0.3, -0.25) is 9.59 Å². The number of nitrogens with one attached hydrogen (secondary N) is 1. The Labute approximate surface area is 211 Å². The predicted octanol–water partition coefficient (Wildman–Crippen LogP) is 6.48. The summed E-state index contributed by atoms with van der Waals surface area (Å²) in [5.74, 6) is -1.41. The molecule has 0 bridgehead atoms. The Hall–Kier alpha value is -4.03. The van der Waals surface area contributed by atoms with Crippen LogP contribution in [0.4, 0.5) is 5.69 Å². The molecule has 0 aliphatic heterocycles. The maximum Gasteiger partial charge on any atom is 0.341 e. The summed E-state index contributed by atoms with van der Waals surface area (Å²) in [5, 5.41) is 2.77. The van der Waals surface area contributed by atoms with Crippen molar-refractivity contribution >= 4 is 39.3 Å². The van der Waals surface area contributed by atoms with Crippen molar-refractivity contribution in [3.05, 3.63) is 138 Å². The minimum Gasteiger partial charge on any atom is -0.449 e. The van der Waals surface area contributed by atoms with E-state index in [1.54, 1.807) is 72.8 Å². The topological polar surface area (TPSA) is 72.5 Å². The standard InChI is InChI=1S/C29H22BrNO4/c30-25(20-12-4-1-5-13-20)27(26(32)21-14-6-2-7-15-21)35-29(34)23-18-10-11-19-24(23)31-28(33)22-16-8-3-9-17-22/h1-19,25,27H,(H,31,33)/t25-,27-/m0/s1. The highest BCUT2D eigenvalue weighted by atomic mass is 79.9. The number of carbonyl (C=O) groups is 3. The fourth-order valence-corrected chi connectivity index (χ4v) is 4.21. The zero-order valence-electron chi connectivity index (χ0n) is 18.6. The number of halogens is 1. The van der Waals surface area contributed by atoms with Gasteiger partial charge in [0.1, 0.15) is 0 Å². The SMILES string of the molecule is O=C(Nc1ccccc1C(=O)O[C@H](C(=O)c1ccccc1)[C@@H](Br)c1ccccc1)c1ccccc1.